The van der Waals surface area contributed by atoms with E-state index in [-0.39, 0.29) is 0 Å². The highest BCUT2D eigenvalue weighted by Crippen LogP contribution is 2.15. The molecule has 0 aliphatic carbocycles. The predicted octanol–water partition coefficient (Wildman–Crippen LogP) is 0.469. The Balaban J connectivity index is 4.07. The molecule has 0 radical (unpaired) electrons. The summed E-state index contributed by atoms with van der Waals surface area (Å²) in [6, 6.07) is 0. The molecule has 0 aliphatic rings. The van der Waals surface area contributed by atoms with Gasteiger partial charge in [-0.2, -0.15) is 13.2 Å². The zero-order valence-corrected chi connectivity index (χ0v) is 5.05. The first kappa shape index (κ1) is 8.70. The van der Waals surface area contributed by atoms with Gasteiger partial charge in [-0.15, -0.1) is 0 Å². The highest BCUT2D eigenvalue weighted by molar-refractivity contribution is 7.90. The lowest BCUT2D eigenvalue weighted by atomic mass is 10.8. The normalized spacial score (nSPS) is 19.1. The number of halogens is 3. The van der Waals surface area contributed by atoms with Crippen molar-refractivity contribution >= 4 is 9.92 Å². The molecule has 0 aromatic rings. The zero-order chi connectivity index (χ0) is 7.71. The van der Waals surface area contributed by atoms with Crippen molar-refractivity contribution in [1.29, 1.82) is 4.78 Å². The SMILES string of the molecule is N=S(N)(=O)CC(F)(F)F. The van der Waals surface area contributed by atoms with Gasteiger partial charge in [0.25, 0.3) is 0 Å². The van der Waals surface area contributed by atoms with Crippen LogP contribution in [0.2, 0.25) is 0 Å². The van der Waals surface area contributed by atoms with Crippen LogP contribution in [0.1, 0.15) is 0 Å². The molecule has 1 atom stereocenters. The van der Waals surface area contributed by atoms with Gasteiger partial charge in [0.1, 0.15) is 15.7 Å². The number of nitrogens with two attached hydrogens (primary N) is 1. The molecule has 0 fully saturated rings. The highest BCUT2D eigenvalue weighted by atomic mass is 32.2. The topological polar surface area (TPSA) is 66.9 Å². The summed E-state index contributed by atoms with van der Waals surface area (Å²) in [5.41, 5.74) is 0. The Morgan fingerprint density at radius 3 is 1.89 bits per heavy atom. The standard InChI is InChI=1S/C2H5F3N2OS/c3-2(4,5)1-9(6,7)8/h1H2,(H3,6,7,8). The molecule has 3 N–H and O–H groups in total. The molecule has 0 aromatic carbocycles. The quantitative estimate of drug-likeness (QED) is 0.578. The van der Waals surface area contributed by atoms with Crippen molar-refractivity contribution in [3.8, 4) is 0 Å². The molecule has 3 nitrogen and oxygen atoms in total. The van der Waals surface area contributed by atoms with Gasteiger partial charge in [-0.1, -0.05) is 0 Å². The first-order chi connectivity index (χ1) is 3.71. The van der Waals surface area contributed by atoms with Crippen LogP contribution in [0.3, 0.4) is 0 Å². The number of nitrogens with one attached hydrogen (secondary N) is 1. The summed E-state index contributed by atoms with van der Waals surface area (Å²) in [6.07, 6.45) is -4.60. The van der Waals surface area contributed by atoms with Gasteiger partial charge in [-0.3, -0.25) is 0 Å². The molecule has 0 aliphatic heterocycles. The van der Waals surface area contributed by atoms with Gasteiger partial charge >= 0.3 is 6.18 Å². The van der Waals surface area contributed by atoms with E-state index in [9.17, 15) is 17.4 Å². The van der Waals surface area contributed by atoms with Crippen molar-refractivity contribution in [2.24, 2.45) is 5.14 Å². The lowest BCUT2D eigenvalue weighted by Crippen LogP contribution is -2.27. The van der Waals surface area contributed by atoms with E-state index in [2.05, 4.69) is 5.14 Å². The van der Waals surface area contributed by atoms with E-state index in [1.807, 2.05) is 0 Å². The third-order valence-corrected chi connectivity index (χ3v) is 1.13. The van der Waals surface area contributed by atoms with Crippen LogP contribution in [-0.4, -0.2) is 16.1 Å². The molecule has 9 heavy (non-hydrogen) atoms. The Labute approximate surface area is 50.1 Å². The van der Waals surface area contributed by atoms with Crippen LogP contribution >= 0.6 is 0 Å². The van der Waals surface area contributed by atoms with Gasteiger partial charge in [0.05, 0.1) is 0 Å². The molecule has 0 spiro atoms. The molecule has 0 heterocycles. The fourth-order valence-electron chi connectivity index (χ4n) is 0.243. The van der Waals surface area contributed by atoms with Crippen molar-refractivity contribution in [2.45, 2.75) is 6.18 Å². The van der Waals surface area contributed by atoms with Gasteiger partial charge in [0.15, 0.2) is 0 Å². The minimum absolute atomic E-state index is 1.74. The average molecular weight is 162 g/mol. The molecular weight excluding hydrogens is 157 g/mol. The first-order valence-electron chi connectivity index (χ1n) is 1.82. The van der Waals surface area contributed by atoms with Crippen molar-refractivity contribution in [3.05, 3.63) is 0 Å². The summed E-state index contributed by atoms with van der Waals surface area (Å²) < 4.78 is 49.6. The number of rotatable bonds is 1. The largest absolute Gasteiger partial charge is 0.402 e. The molecule has 0 rings (SSSR count). The number of alkyl halides is 3. The Kier molecular flexibility index (Phi) is 2.07. The Hall–Kier alpha value is -0.300. The Morgan fingerprint density at radius 2 is 1.89 bits per heavy atom. The minimum Gasteiger partial charge on any atom is -0.245 e. The molecule has 7 heteroatoms. The minimum atomic E-state index is -4.60. The second-order valence-corrected chi connectivity index (χ2v) is 3.23. The maximum atomic E-state index is 11.2. The molecular formula is C2H5F3N2OS. The molecule has 56 valence electrons. The van der Waals surface area contributed by atoms with E-state index in [1.165, 1.54) is 0 Å². The maximum absolute atomic E-state index is 11.2. The van der Waals surface area contributed by atoms with Crippen LogP contribution < -0.4 is 5.14 Å². The zero-order valence-electron chi connectivity index (χ0n) is 4.23. The second-order valence-electron chi connectivity index (χ2n) is 1.49. The Morgan fingerprint density at radius 1 is 1.56 bits per heavy atom. The monoisotopic (exact) mass is 162 g/mol. The summed E-state index contributed by atoms with van der Waals surface area (Å²) in [5, 5.41) is 4.30. The smallest absolute Gasteiger partial charge is 0.245 e. The summed E-state index contributed by atoms with van der Waals surface area (Å²) in [7, 11) is -3.91. The maximum Gasteiger partial charge on any atom is 0.402 e. The fraction of sp³-hybridized carbons (Fsp3) is 1.00. The third kappa shape index (κ3) is 7.70. The Bertz CT molecular complexity index is 180. The van der Waals surface area contributed by atoms with Crippen LogP contribution in [0.15, 0.2) is 0 Å². The number of hydrogen-bond donors (Lipinski definition) is 2. The van der Waals surface area contributed by atoms with Gasteiger partial charge < -0.3 is 0 Å². The lowest BCUT2D eigenvalue weighted by Gasteiger charge is -2.03. The summed E-state index contributed by atoms with van der Waals surface area (Å²) in [6.45, 7) is 0. The fourth-order valence-corrected chi connectivity index (χ4v) is 0.729. The van der Waals surface area contributed by atoms with Crippen molar-refractivity contribution in [3.63, 3.8) is 0 Å². The summed E-state index contributed by atoms with van der Waals surface area (Å²) in [4.78, 5) is 0. The summed E-state index contributed by atoms with van der Waals surface area (Å²) >= 11 is 0. The molecule has 0 saturated heterocycles. The van der Waals surface area contributed by atoms with Crippen LogP contribution in [-0.2, 0) is 9.92 Å². The average Bonchev–Trinajstić information content (AvgIpc) is 1.14. The molecule has 0 aromatic heterocycles. The van der Waals surface area contributed by atoms with Crippen LogP contribution in [0, 0.1) is 4.78 Å². The molecule has 0 bridgehead atoms. The van der Waals surface area contributed by atoms with Crippen LogP contribution in [0.5, 0.6) is 0 Å². The van der Waals surface area contributed by atoms with E-state index in [1.54, 1.807) is 0 Å². The molecule has 1 unspecified atom stereocenters. The van der Waals surface area contributed by atoms with E-state index < -0.39 is 21.8 Å². The molecule has 0 saturated carbocycles. The highest BCUT2D eigenvalue weighted by Gasteiger charge is 2.31. The first-order valence-corrected chi connectivity index (χ1v) is 3.61. The van der Waals surface area contributed by atoms with Gasteiger partial charge in [0, 0.05) is 0 Å². The van der Waals surface area contributed by atoms with Crippen molar-refractivity contribution < 1.29 is 17.4 Å². The predicted molar refractivity (Wildman–Crippen MR) is 26.0 cm³/mol. The van der Waals surface area contributed by atoms with E-state index in [4.69, 9.17) is 4.78 Å². The third-order valence-electron chi connectivity index (χ3n) is 0.378. The van der Waals surface area contributed by atoms with Crippen LogP contribution in [0.4, 0.5) is 13.2 Å². The van der Waals surface area contributed by atoms with Crippen molar-refractivity contribution in [2.75, 3.05) is 5.75 Å². The number of hydrogen-bond acceptors (Lipinski definition) is 2. The van der Waals surface area contributed by atoms with E-state index >= 15 is 0 Å². The lowest BCUT2D eigenvalue weighted by molar-refractivity contribution is -0.106. The molecule has 0 amide bonds. The van der Waals surface area contributed by atoms with E-state index in [0.29, 0.717) is 0 Å². The van der Waals surface area contributed by atoms with Gasteiger partial charge in [-0.05, 0) is 0 Å². The second kappa shape index (κ2) is 2.14. The van der Waals surface area contributed by atoms with Gasteiger partial charge in [-0.25, -0.2) is 14.1 Å². The van der Waals surface area contributed by atoms with E-state index in [0.717, 1.165) is 0 Å². The van der Waals surface area contributed by atoms with Gasteiger partial charge in [0.2, 0.25) is 0 Å². The van der Waals surface area contributed by atoms with Crippen LogP contribution in [0.25, 0.3) is 0 Å². The van der Waals surface area contributed by atoms with Crippen molar-refractivity contribution in [1.82, 2.24) is 0 Å². The summed E-state index contributed by atoms with van der Waals surface area (Å²) in [5.74, 6) is -1.74.